The first-order chi connectivity index (χ1) is 8.35. The fourth-order valence-corrected chi connectivity index (χ4v) is 2.10. The van der Waals surface area contributed by atoms with Crippen LogP contribution in [-0.4, -0.2) is 7.11 Å². The highest BCUT2D eigenvalue weighted by Crippen LogP contribution is 2.43. The topological polar surface area (TPSA) is 33.0 Å². The summed E-state index contributed by atoms with van der Waals surface area (Å²) >= 11 is 0. The van der Waals surface area contributed by atoms with Crippen molar-refractivity contribution in [2.45, 2.75) is 39.5 Å². The molecule has 1 aromatic carbocycles. The summed E-state index contributed by atoms with van der Waals surface area (Å²) in [7, 11) is 1.39. The maximum absolute atomic E-state index is 14.1. The predicted molar refractivity (Wildman–Crippen MR) is 65.9 cm³/mol. The molecular formula is C14H17F2NO. The maximum Gasteiger partial charge on any atom is 0.278 e. The van der Waals surface area contributed by atoms with Crippen LogP contribution in [0.1, 0.15) is 35.1 Å². The molecule has 0 saturated carbocycles. The highest BCUT2D eigenvalue weighted by Gasteiger charge is 2.36. The normalized spacial score (nSPS) is 11.2. The smallest absolute Gasteiger partial charge is 0.278 e. The van der Waals surface area contributed by atoms with Crippen molar-refractivity contribution < 1.29 is 13.5 Å². The van der Waals surface area contributed by atoms with Crippen molar-refractivity contribution in [1.29, 1.82) is 5.26 Å². The SMILES string of the molecule is COc1c(C)c(C)cc(C)c1C(F)(F)CCC#N. The average molecular weight is 253 g/mol. The number of nitriles is 1. The monoisotopic (exact) mass is 253 g/mol. The van der Waals surface area contributed by atoms with Gasteiger partial charge in [0, 0.05) is 12.8 Å². The van der Waals surface area contributed by atoms with Crippen molar-refractivity contribution in [3.8, 4) is 11.8 Å². The van der Waals surface area contributed by atoms with Gasteiger partial charge < -0.3 is 4.74 Å². The van der Waals surface area contributed by atoms with Gasteiger partial charge in [0.05, 0.1) is 18.7 Å². The first kappa shape index (κ1) is 14.4. The number of hydrogen-bond donors (Lipinski definition) is 0. The molecule has 2 nitrogen and oxygen atoms in total. The lowest BCUT2D eigenvalue weighted by molar-refractivity contribution is -0.0147. The van der Waals surface area contributed by atoms with Crippen molar-refractivity contribution in [1.82, 2.24) is 0 Å². The molecule has 0 aromatic heterocycles. The zero-order valence-corrected chi connectivity index (χ0v) is 11.1. The van der Waals surface area contributed by atoms with Crippen LogP contribution in [0.4, 0.5) is 8.78 Å². The van der Waals surface area contributed by atoms with Gasteiger partial charge in [-0.2, -0.15) is 5.26 Å². The van der Waals surface area contributed by atoms with E-state index >= 15 is 0 Å². The molecule has 0 N–H and O–H groups in total. The van der Waals surface area contributed by atoms with Crippen LogP contribution in [0.2, 0.25) is 0 Å². The zero-order chi connectivity index (χ0) is 13.9. The number of ether oxygens (including phenoxy) is 1. The van der Waals surface area contributed by atoms with Gasteiger partial charge in [0.25, 0.3) is 5.92 Å². The van der Waals surface area contributed by atoms with E-state index in [4.69, 9.17) is 10.00 Å². The highest BCUT2D eigenvalue weighted by atomic mass is 19.3. The van der Waals surface area contributed by atoms with Crippen LogP contribution in [-0.2, 0) is 5.92 Å². The molecule has 0 atom stereocenters. The van der Waals surface area contributed by atoms with E-state index in [-0.39, 0.29) is 17.7 Å². The molecule has 0 spiro atoms. The third kappa shape index (κ3) is 2.61. The van der Waals surface area contributed by atoms with Crippen LogP contribution >= 0.6 is 0 Å². The Bertz CT molecular complexity index is 490. The quantitative estimate of drug-likeness (QED) is 0.812. The Balaban J connectivity index is 3.40. The number of alkyl halides is 2. The minimum Gasteiger partial charge on any atom is -0.496 e. The van der Waals surface area contributed by atoms with Gasteiger partial charge >= 0.3 is 0 Å². The molecule has 98 valence electrons. The van der Waals surface area contributed by atoms with E-state index in [0.717, 1.165) is 11.1 Å². The molecule has 0 amide bonds. The second-order valence-corrected chi connectivity index (χ2v) is 4.41. The summed E-state index contributed by atoms with van der Waals surface area (Å²) in [5, 5.41) is 8.46. The summed E-state index contributed by atoms with van der Waals surface area (Å²) in [5.41, 5.74) is 2.04. The van der Waals surface area contributed by atoms with Crippen molar-refractivity contribution in [3.63, 3.8) is 0 Å². The molecule has 0 saturated heterocycles. The number of halogens is 2. The molecular weight excluding hydrogens is 236 g/mol. The van der Waals surface area contributed by atoms with E-state index in [1.807, 2.05) is 6.92 Å². The minimum atomic E-state index is -3.04. The third-order valence-corrected chi connectivity index (χ3v) is 3.11. The second-order valence-electron chi connectivity index (χ2n) is 4.41. The van der Waals surface area contributed by atoms with Crippen LogP contribution in [0.25, 0.3) is 0 Å². The molecule has 18 heavy (non-hydrogen) atoms. The van der Waals surface area contributed by atoms with E-state index in [0.29, 0.717) is 5.56 Å². The first-order valence-corrected chi connectivity index (χ1v) is 5.75. The van der Waals surface area contributed by atoms with Crippen molar-refractivity contribution in [2.24, 2.45) is 0 Å². The second kappa shape index (κ2) is 5.34. The molecule has 0 fully saturated rings. The van der Waals surface area contributed by atoms with E-state index < -0.39 is 12.3 Å². The molecule has 0 aliphatic carbocycles. The molecule has 0 heterocycles. The van der Waals surface area contributed by atoms with Gasteiger partial charge in [0.2, 0.25) is 0 Å². The average Bonchev–Trinajstić information content (AvgIpc) is 2.30. The summed E-state index contributed by atoms with van der Waals surface area (Å²) in [6.07, 6.45) is -0.661. The van der Waals surface area contributed by atoms with Gasteiger partial charge in [-0.05, 0) is 37.5 Å². The number of rotatable bonds is 4. The lowest BCUT2D eigenvalue weighted by atomic mass is 9.93. The van der Waals surface area contributed by atoms with E-state index in [1.54, 1.807) is 26.0 Å². The molecule has 0 aliphatic heterocycles. The van der Waals surface area contributed by atoms with Gasteiger partial charge in [0.15, 0.2) is 0 Å². The van der Waals surface area contributed by atoms with Crippen LogP contribution < -0.4 is 4.74 Å². The Kier molecular flexibility index (Phi) is 4.28. The van der Waals surface area contributed by atoms with Gasteiger partial charge in [-0.3, -0.25) is 0 Å². The molecule has 1 aromatic rings. The van der Waals surface area contributed by atoms with Gasteiger partial charge in [0.1, 0.15) is 5.75 Å². The summed E-state index contributed by atoms with van der Waals surface area (Å²) in [6, 6.07) is 3.49. The third-order valence-electron chi connectivity index (χ3n) is 3.11. The summed E-state index contributed by atoms with van der Waals surface area (Å²) in [4.78, 5) is 0. The number of methoxy groups -OCH3 is 1. The zero-order valence-electron chi connectivity index (χ0n) is 11.1. The first-order valence-electron chi connectivity index (χ1n) is 5.75. The van der Waals surface area contributed by atoms with Gasteiger partial charge in [-0.1, -0.05) is 6.07 Å². The van der Waals surface area contributed by atoms with Crippen LogP contribution in [0, 0.1) is 32.1 Å². The molecule has 0 radical (unpaired) electrons. The lowest BCUT2D eigenvalue weighted by Crippen LogP contribution is -2.17. The summed E-state index contributed by atoms with van der Waals surface area (Å²) < 4.78 is 33.4. The molecule has 4 heteroatoms. The Morgan fingerprint density at radius 3 is 2.39 bits per heavy atom. The van der Waals surface area contributed by atoms with Gasteiger partial charge in [-0.25, -0.2) is 8.78 Å². The fourth-order valence-electron chi connectivity index (χ4n) is 2.10. The predicted octanol–water partition coefficient (Wildman–Crippen LogP) is 4.02. The lowest BCUT2D eigenvalue weighted by Gasteiger charge is -2.23. The van der Waals surface area contributed by atoms with Crippen molar-refractivity contribution >= 4 is 0 Å². The number of hydrogen-bond acceptors (Lipinski definition) is 2. The minimum absolute atomic E-state index is 0.0941. The van der Waals surface area contributed by atoms with Crippen molar-refractivity contribution in [3.05, 3.63) is 28.3 Å². The molecule has 0 unspecified atom stereocenters. The number of nitrogens with zero attached hydrogens (tertiary/aromatic N) is 1. The van der Waals surface area contributed by atoms with Crippen LogP contribution in [0.3, 0.4) is 0 Å². The van der Waals surface area contributed by atoms with Crippen LogP contribution in [0.5, 0.6) is 5.75 Å². The van der Waals surface area contributed by atoms with Gasteiger partial charge in [-0.15, -0.1) is 0 Å². The highest BCUT2D eigenvalue weighted by molar-refractivity contribution is 5.51. The number of benzene rings is 1. The van der Waals surface area contributed by atoms with E-state index in [2.05, 4.69) is 0 Å². The Morgan fingerprint density at radius 1 is 1.28 bits per heavy atom. The maximum atomic E-state index is 14.1. The van der Waals surface area contributed by atoms with Crippen molar-refractivity contribution in [2.75, 3.05) is 7.11 Å². The van der Waals surface area contributed by atoms with E-state index in [9.17, 15) is 8.78 Å². The summed E-state index contributed by atoms with van der Waals surface area (Å²) in [6.45, 7) is 5.27. The Morgan fingerprint density at radius 2 is 1.89 bits per heavy atom. The summed E-state index contributed by atoms with van der Waals surface area (Å²) in [5.74, 6) is -2.81. The van der Waals surface area contributed by atoms with E-state index in [1.165, 1.54) is 7.11 Å². The standard InChI is InChI=1S/C14H17F2NO/c1-9-8-10(2)12(13(18-4)11(9)3)14(15,16)6-5-7-17/h8H,5-6H2,1-4H3. The largest absolute Gasteiger partial charge is 0.496 e. The molecule has 0 bridgehead atoms. The Labute approximate surface area is 106 Å². The van der Waals surface area contributed by atoms with Crippen LogP contribution in [0.15, 0.2) is 6.07 Å². The Hall–Kier alpha value is -1.63. The number of aryl methyl sites for hydroxylation is 2. The molecule has 0 aliphatic rings. The molecule has 1 rings (SSSR count). The fraction of sp³-hybridized carbons (Fsp3) is 0.500.